The van der Waals surface area contributed by atoms with Crippen LogP contribution in [0.5, 0.6) is 0 Å². The largest absolute Gasteiger partial charge is 0.394 e. The Morgan fingerprint density at radius 3 is 2.32 bits per heavy atom. The topological polar surface area (TPSA) is 88.4 Å². The van der Waals surface area contributed by atoms with Crippen LogP contribution in [0.3, 0.4) is 0 Å². The first-order valence-electron chi connectivity index (χ1n) is 6.19. The van der Waals surface area contributed by atoms with Crippen LogP contribution >= 0.6 is 0 Å². The van der Waals surface area contributed by atoms with Crippen LogP contribution in [0.4, 0.5) is 0 Å². The summed E-state index contributed by atoms with van der Waals surface area (Å²) in [5.41, 5.74) is 0.787. The predicted octanol–water partition coefficient (Wildman–Crippen LogP) is -0.460. The fourth-order valence-corrected chi connectivity index (χ4v) is 2.46. The first-order chi connectivity index (χ1) is 9.20. The lowest BCUT2D eigenvalue weighted by atomic mass is 9.97. The number of benzene rings is 1. The minimum Gasteiger partial charge on any atom is -0.394 e. The lowest BCUT2D eigenvalue weighted by Gasteiger charge is -2.48. The molecule has 1 aromatic rings. The smallest absolute Gasteiger partial charge is 0.185 e. The second-order valence-electron chi connectivity index (χ2n) is 4.68. The summed E-state index contributed by atoms with van der Waals surface area (Å²) in [6.45, 7) is -0.340. The molecule has 1 aromatic carbocycles. The standard InChI is InChI=1S/C13H16O6/c14-6-8-10-9(15)11(12(16)17-8)19-13(18-10)7-4-2-1-3-5-7/h1-5,8-16H,6H2/t8-,9+,10-,11-,12?,13?/m1/s1. The molecule has 2 heterocycles. The molecule has 0 aromatic heterocycles. The zero-order valence-corrected chi connectivity index (χ0v) is 10.1. The van der Waals surface area contributed by atoms with Crippen molar-refractivity contribution in [1.82, 2.24) is 0 Å². The Morgan fingerprint density at radius 1 is 0.947 bits per heavy atom. The molecule has 2 aliphatic heterocycles. The number of ether oxygens (including phenoxy) is 3. The first-order valence-corrected chi connectivity index (χ1v) is 6.19. The van der Waals surface area contributed by atoms with Gasteiger partial charge in [-0.15, -0.1) is 0 Å². The van der Waals surface area contributed by atoms with E-state index in [1.54, 1.807) is 0 Å². The molecule has 3 N–H and O–H groups in total. The molecular weight excluding hydrogens is 252 g/mol. The second-order valence-corrected chi connectivity index (χ2v) is 4.68. The molecule has 104 valence electrons. The van der Waals surface area contributed by atoms with Gasteiger partial charge in [0.05, 0.1) is 6.61 Å². The van der Waals surface area contributed by atoms with Crippen LogP contribution in [0.15, 0.2) is 30.3 Å². The first kappa shape index (κ1) is 13.0. The van der Waals surface area contributed by atoms with Crippen LogP contribution < -0.4 is 0 Å². The lowest BCUT2D eigenvalue weighted by Crippen LogP contribution is -2.63. The molecule has 2 saturated heterocycles. The Hall–Kier alpha value is -1.02. The third kappa shape index (κ3) is 2.27. The molecular formula is C13H16O6. The molecule has 2 aliphatic rings. The molecule has 3 rings (SSSR count). The summed E-state index contributed by atoms with van der Waals surface area (Å²) in [7, 11) is 0. The summed E-state index contributed by atoms with van der Waals surface area (Å²) in [6, 6.07) is 9.23. The van der Waals surface area contributed by atoms with Gasteiger partial charge in [-0.25, -0.2) is 0 Å². The molecule has 0 amide bonds. The zero-order valence-electron chi connectivity index (χ0n) is 10.1. The highest BCUT2D eigenvalue weighted by molar-refractivity contribution is 5.17. The maximum atomic E-state index is 10.0. The summed E-state index contributed by atoms with van der Waals surface area (Å²) in [5, 5.41) is 29.0. The summed E-state index contributed by atoms with van der Waals surface area (Å²) >= 11 is 0. The number of fused-ring (bicyclic) bond motifs is 2. The van der Waals surface area contributed by atoms with Gasteiger partial charge in [0.15, 0.2) is 12.6 Å². The van der Waals surface area contributed by atoms with E-state index in [-0.39, 0.29) is 6.61 Å². The summed E-state index contributed by atoms with van der Waals surface area (Å²) in [5.74, 6) is 0. The van der Waals surface area contributed by atoms with Gasteiger partial charge >= 0.3 is 0 Å². The van der Waals surface area contributed by atoms with E-state index in [0.717, 1.165) is 5.56 Å². The highest BCUT2D eigenvalue weighted by Crippen LogP contribution is 2.37. The maximum absolute atomic E-state index is 10.0. The van der Waals surface area contributed by atoms with E-state index in [9.17, 15) is 15.3 Å². The number of hydrogen-bond acceptors (Lipinski definition) is 6. The molecule has 0 radical (unpaired) electrons. The molecule has 2 bridgehead atoms. The van der Waals surface area contributed by atoms with Gasteiger partial charge < -0.3 is 29.5 Å². The number of hydrogen-bond donors (Lipinski definition) is 3. The van der Waals surface area contributed by atoms with Crippen molar-refractivity contribution < 1.29 is 29.5 Å². The van der Waals surface area contributed by atoms with E-state index >= 15 is 0 Å². The number of aliphatic hydroxyl groups excluding tert-OH is 3. The van der Waals surface area contributed by atoms with E-state index in [1.807, 2.05) is 30.3 Å². The SMILES string of the molecule is OC[C@H]1OC(O)[C@@H]2OC(c3ccccc3)O[C@H]1[C@@H]2O. The molecule has 0 aliphatic carbocycles. The minimum absolute atomic E-state index is 0.340. The highest BCUT2D eigenvalue weighted by Gasteiger charge is 2.51. The van der Waals surface area contributed by atoms with E-state index in [4.69, 9.17) is 14.2 Å². The van der Waals surface area contributed by atoms with Crippen molar-refractivity contribution in [1.29, 1.82) is 0 Å². The van der Waals surface area contributed by atoms with Crippen LogP contribution in [0.1, 0.15) is 11.9 Å². The highest BCUT2D eigenvalue weighted by atomic mass is 16.8. The van der Waals surface area contributed by atoms with Crippen LogP contribution in [0.25, 0.3) is 0 Å². The normalized spacial score (nSPS) is 42.1. The number of aliphatic hydroxyl groups is 3. The lowest BCUT2D eigenvalue weighted by molar-refractivity contribution is -0.391. The Morgan fingerprint density at radius 2 is 1.63 bits per heavy atom. The maximum Gasteiger partial charge on any atom is 0.185 e. The Bertz CT molecular complexity index is 422. The fourth-order valence-electron chi connectivity index (χ4n) is 2.46. The molecule has 2 unspecified atom stereocenters. The van der Waals surface area contributed by atoms with Gasteiger partial charge in [-0.3, -0.25) is 0 Å². The quantitative estimate of drug-likeness (QED) is 0.672. The van der Waals surface area contributed by atoms with Crippen LogP contribution in [0, 0.1) is 0 Å². The van der Waals surface area contributed by atoms with Crippen molar-refractivity contribution in [2.24, 2.45) is 0 Å². The van der Waals surface area contributed by atoms with E-state index < -0.39 is 37.0 Å². The fraction of sp³-hybridized carbons (Fsp3) is 0.538. The molecule has 0 spiro atoms. The summed E-state index contributed by atoms with van der Waals surface area (Å²) in [4.78, 5) is 0. The van der Waals surface area contributed by atoms with Gasteiger partial charge in [0.2, 0.25) is 0 Å². The average molecular weight is 268 g/mol. The van der Waals surface area contributed by atoms with Gasteiger partial charge in [-0.1, -0.05) is 30.3 Å². The molecule has 19 heavy (non-hydrogen) atoms. The zero-order chi connectivity index (χ0) is 13.4. The van der Waals surface area contributed by atoms with Crippen LogP contribution in [-0.4, -0.2) is 52.6 Å². The van der Waals surface area contributed by atoms with Crippen molar-refractivity contribution in [3.05, 3.63) is 35.9 Å². The van der Waals surface area contributed by atoms with Gasteiger partial charge in [0, 0.05) is 5.56 Å². The van der Waals surface area contributed by atoms with Gasteiger partial charge in [0.1, 0.15) is 24.4 Å². The molecule has 0 saturated carbocycles. The van der Waals surface area contributed by atoms with Crippen molar-refractivity contribution >= 4 is 0 Å². The van der Waals surface area contributed by atoms with Crippen LogP contribution in [0.2, 0.25) is 0 Å². The Labute approximate surface area is 110 Å². The van der Waals surface area contributed by atoms with Crippen molar-refractivity contribution in [3.8, 4) is 0 Å². The van der Waals surface area contributed by atoms with Crippen molar-refractivity contribution in [2.75, 3.05) is 6.61 Å². The van der Waals surface area contributed by atoms with Crippen LogP contribution in [-0.2, 0) is 14.2 Å². The van der Waals surface area contributed by atoms with Crippen molar-refractivity contribution in [2.45, 2.75) is 37.0 Å². The second kappa shape index (κ2) is 5.16. The van der Waals surface area contributed by atoms with Gasteiger partial charge in [-0.05, 0) is 0 Å². The summed E-state index contributed by atoms with van der Waals surface area (Å²) in [6.07, 6.45) is -5.37. The van der Waals surface area contributed by atoms with Crippen molar-refractivity contribution in [3.63, 3.8) is 0 Å². The van der Waals surface area contributed by atoms with E-state index in [1.165, 1.54) is 0 Å². The molecule has 6 atom stereocenters. The van der Waals surface area contributed by atoms with E-state index in [0.29, 0.717) is 0 Å². The molecule has 6 heteroatoms. The predicted molar refractivity (Wildman–Crippen MR) is 62.9 cm³/mol. The third-order valence-electron chi connectivity index (χ3n) is 3.45. The third-order valence-corrected chi connectivity index (χ3v) is 3.45. The molecule has 6 nitrogen and oxygen atoms in total. The molecule has 2 fully saturated rings. The average Bonchev–Trinajstić information content (AvgIpc) is 2.44. The minimum atomic E-state index is -1.28. The monoisotopic (exact) mass is 268 g/mol. The Balaban J connectivity index is 1.85. The summed E-state index contributed by atoms with van der Waals surface area (Å²) < 4.78 is 16.3. The Kier molecular flexibility index (Phi) is 3.53. The van der Waals surface area contributed by atoms with Gasteiger partial charge in [0.25, 0.3) is 0 Å². The van der Waals surface area contributed by atoms with Gasteiger partial charge in [-0.2, -0.15) is 0 Å². The van der Waals surface area contributed by atoms with E-state index in [2.05, 4.69) is 0 Å². The number of rotatable bonds is 2.